The summed E-state index contributed by atoms with van der Waals surface area (Å²) >= 11 is 0. The van der Waals surface area contributed by atoms with Crippen LogP contribution >= 0.6 is 0 Å². The molecule has 0 aliphatic carbocycles. The van der Waals surface area contributed by atoms with Gasteiger partial charge in [-0.1, -0.05) is 87.0 Å². The minimum atomic E-state index is -0.740. The van der Waals surface area contributed by atoms with Crippen molar-refractivity contribution in [3.05, 3.63) is 36.5 Å². The van der Waals surface area contributed by atoms with Gasteiger partial charge in [-0.2, -0.15) is 0 Å². The molecule has 2 atom stereocenters. The zero-order valence-corrected chi connectivity index (χ0v) is 20.0. The summed E-state index contributed by atoms with van der Waals surface area (Å²) in [6.07, 6.45) is 39.2. The fraction of sp³-hybridized carbons (Fsp3) is 0.600. The number of terminal acetylenes is 2. The summed E-state index contributed by atoms with van der Waals surface area (Å²) in [6, 6.07) is 0. The molecule has 0 heterocycles. The van der Waals surface area contributed by atoms with Crippen molar-refractivity contribution in [2.45, 2.75) is 115 Å². The molecule has 2 heteroatoms. The topological polar surface area (TPSA) is 40.5 Å². The van der Waals surface area contributed by atoms with E-state index in [0.717, 1.165) is 38.5 Å². The maximum Gasteiger partial charge on any atom is 0.133 e. The zero-order chi connectivity index (χ0) is 23.5. The lowest BCUT2D eigenvalue weighted by atomic mass is 10.1. The third-order valence-corrected chi connectivity index (χ3v) is 5.15. The van der Waals surface area contributed by atoms with E-state index in [-0.39, 0.29) is 0 Å². The lowest BCUT2D eigenvalue weighted by molar-refractivity contribution is 0.280. The Hall–Kier alpha value is -2.18. The quantitative estimate of drug-likeness (QED) is 0.131. The average Bonchev–Trinajstić information content (AvgIpc) is 2.81. The molecule has 0 aliphatic heterocycles. The molecule has 2 unspecified atom stereocenters. The summed E-state index contributed by atoms with van der Waals surface area (Å²) in [4.78, 5) is 0. The summed E-state index contributed by atoms with van der Waals surface area (Å²) < 4.78 is 0. The van der Waals surface area contributed by atoms with Gasteiger partial charge in [-0.25, -0.2) is 0 Å². The third-order valence-electron chi connectivity index (χ3n) is 5.15. The van der Waals surface area contributed by atoms with Crippen LogP contribution in [0.2, 0.25) is 0 Å². The fourth-order valence-electron chi connectivity index (χ4n) is 3.22. The second kappa shape index (κ2) is 25.1. The lowest BCUT2D eigenvalue weighted by Crippen LogP contribution is -1.95. The molecule has 176 valence electrons. The second-order valence-corrected chi connectivity index (χ2v) is 8.11. The Morgan fingerprint density at radius 2 is 0.969 bits per heavy atom. The van der Waals surface area contributed by atoms with E-state index in [2.05, 4.69) is 35.8 Å². The van der Waals surface area contributed by atoms with Crippen molar-refractivity contribution in [1.82, 2.24) is 0 Å². The molecule has 0 aliphatic rings. The molecule has 2 nitrogen and oxygen atoms in total. The highest BCUT2D eigenvalue weighted by molar-refractivity contribution is 5.07. The molecule has 0 bridgehead atoms. The first kappa shape index (κ1) is 29.8. The van der Waals surface area contributed by atoms with Gasteiger partial charge in [-0.3, -0.25) is 0 Å². The highest BCUT2D eigenvalue weighted by Gasteiger charge is 1.93. The molecule has 2 N–H and O–H groups in total. The number of aliphatic hydroxyl groups is 2. The van der Waals surface area contributed by atoms with Crippen molar-refractivity contribution in [1.29, 1.82) is 0 Å². The summed E-state index contributed by atoms with van der Waals surface area (Å²) in [7, 11) is 0. The Morgan fingerprint density at radius 1 is 0.531 bits per heavy atom. The molecule has 32 heavy (non-hydrogen) atoms. The molecule has 0 aromatic carbocycles. The van der Waals surface area contributed by atoms with Gasteiger partial charge in [0.15, 0.2) is 0 Å². The summed E-state index contributed by atoms with van der Waals surface area (Å²) in [5.74, 6) is 11.1. The first-order valence-electron chi connectivity index (χ1n) is 12.4. The smallest absolute Gasteiger partial charge is 0.133 e. The maximum absolute atomic E-state index is 9.20. The van der Waals surface area contributed by atoms with E-state index in [1.165, 1.54) is 64.2 Å². The number of unbranched alkanes of at least 4 members (excludes halogenated alkanes) is 13. The number of hydrogen-bond donors (Lipinski definition) is 2. The molecule has 0 radical (unpaired) electrons. The number of aliphatic hydroxyl groups excluding tert-OH is 2. The normalized spacial score (nSPS) is 13.1. The number of hydrogen-bond acceptors (Lipinski definition) is 2. The zero-order valence-electron chi connectivity index (χ0n) is 20.0. The molecule has 0 aromatic rings. The molecule has 0 amide bonds. The summed E-state index contributed by atoms with van der Waals surface area (Å²) in [6.45, 7) is 0. The van der Waals surface area contributed by atoms with Gasteiger partial charge in [-0.15, -0.1) is 18.8 Å². The van der Waals surface area contributed by atoms with Gasteiger partial charge in [-0.05, 0) is 57.1 Å². The van der Waals surface area contributed by atoms with E-state index in [0.29, 0.717) is 0 Å². The minimum Gasteiger partial charge on any atom is -0.377 e. The van der Waals surface area contributed by atoms with Crippen LogP contribution in [0.5, 0.6) is 0 Å². The SMILES string of the molecule is C#CC(O)/C=C/CCCCCCC#CC/C=C/CCCCCCCCC/C=C/C(O)C#C. The summed E-state index contributed by atoms with van der Waals surface area (Å²) in [5.41, 5.74) is 0. The standard InChI is InChI=1S/C30H44O2/c1-3-29(31)27-25-23-21-19-17-15-13-11-9-7-5-6-8-10-12-14-16-18-20-22-24-26-28-30(32)4-2/h1-2,5-6,25-32H,7-9,11,13-24H2/b6-5+,27-25+,28-26+. The Bertz CT molecular complexity index is 645. The fourth-order valence-corrected chi connectivity index (χ4v) is 3.22. The highest BCUT2D eigenvalue weighted by Crippen LogP contribution is 2.10. The average molecular weight is 437 g/mol. The van der Waals surface area contributed by atoms with Gasteiger partial charge in [0.2, 0.25) is 0 Å². The molecule has 0 rings (SSSR count). The first-order valence-corrected chi connectivity index (χ1v) is 12.4. The monoisotopic (exact) mass is 436 g/mol. The third kappa shape index (κ3) is 24.1. The Labute approximate surface area is 198 Å². The van der Waals surface area contributed by atoms with Crippen LogP contribution in [0, 0.1) is 36.5 Å². The van der Waals surface area contributed by atoms with Crippen molar-refractivity contribution in [3.63, 3.8) is 0 Å². The highest BCUT2D eigenvalue weighted by atomic mass is 16.3. The van der Waals surface area contributed by atoms with Gasteiger partial charge < -0.3 is 10.2 Å². The molecule has 0 saturated carbocycles. The van der Waals surface area contributed by atoms with E-state index in [1.54, 1.807) is 12.2 Å². The van der Waals surface area contributed by atoms with Gasteiger partial charge in [0.25, 0.3) is 0 Å². The Balaban J connectivity index is 3.33. The summed E-state index contributed by atoms with van der Waals surface area (Å²) in [5, 5.41) is 18.4. The minimum absolute atomic E-state index is 0.729. The van der Waals surface area contributed by atoms with Gasteiger partial charge in [0, 0.05) is 12.8 Å². The van der Waals surface area contributed by atoms with Crippen LogP contribution in [0.4, 0.5) is 0 Å². The Kier molecular flexibility index (Phi) is 23.4. The van der Waals surface area contributed by atoms with Crippen LogP contribution < -0.4 is 0 Å². The van der Waals surface area contributed by atoms with Crippen molar-refractivity contribution >= 4 is 0 Å². The van der Waals surface area contributed by atoms with E-state index in [9.17, 15) is 10.2 Å². The van der Waals surface area contributed by atoms with Crippen molar-refractivity contribution in [2.75, 3.05) is 0 Å². The molecule has 0 aromatic heterocycles. The van der Waals surface area contributed by atoms with Gasteiger partial charge in [0.05, 0.1) is 0 Å². The van der Waals surface area contributed by atoms with E-state index >= 15 is 0 Å². The van der Waals surface area contributed by atoms with E-state index < -0.39 is 12.2 Å². The van der Waals surface area contributed by atoms with Crippen LogP contribution in [0.3, 0.4) is 0 Å². The van der Waals surface area contributed by atoms with E-state index in [1.807, 2.05) is 12.2 Å². The van der Waals surface area contributed by atoms with Crippen LogP contribution in [-0.2, 0) is 0 Å². The van der Waals surface area contributed by atoms with Crippen molar-refractivity contribution in [3.8, 4) is 36.5 Å². The van der Waals surface area contributed by atoms with Crippen LogP contribution in [-0.4, -0.2) is 22.4 Å². The number of rotatable bonds is 19. The second-order valence-electron chi connectivity index (χ2n) is 8.11. The lowest BCUT2D eigenvalue weighted by Gasteiger charge is -2.00. The first-order chi connectivity index (χ1) is 15.7. The Morgan fingerprint density at radius 3 is 1.47 bits per heavy atom. The molecule has 0 saturated heterocycles. The largest absolute Gasteiger partial charge is 0.377 e. The van der Waals surface area contributed by atoms with Gasteiger partial charge >= 0.3 is 0 Å². The molecular weight excluding hydrogens is 392 g/mol. The van der Waals surface area contributed by atoms with Crippen LogP contribution in [0.25, 0.3) is 0 Å². The van der Waals surface area contributed by atoms with Crippen LogP contribution in [0.1, 0.15) is 103 Å². The molecule has 0 spiro atoms. The van der Waals surface area contributed by atoms with Crippen molar-refractivity contribution in [2.24, 2.45) is 0 Å². The maximum atomic E-state index is 9.20. The predicted molar refractivity (Wildman–Crippen MR) is 139 cm³/mol. The van der Waals surface area contributed by atoms with E-state index in [4.69, 9.17) is 12.8 Å². The van der Waals surface area contributed by atoms with Crippen molar-refractivity contribution < 1.29 is 10.2 Å². The van der Waals surface area contributed by atoms with Crippen LogP contribution in [0.15, 0.2) is 36.5 Å². The molecule has 0 fully saturated rings. The molecular formula is C30H44O2. The number of allylic oxidation sites excluding steroid dienone is 4. The predicted octanol–water partition coefficient (Wildman–Crippen LogP) is 6.89. The van der Waals surface area contributed by atoms with Gasteiger partial charge in [0.1, 0.15) is 12.2 Å².